The number of carbonyl (C=O) groups is 3. The Morgan fingerprint density at radius 3 is 2.42 bits per heavy atom. The number of aliphatic hydroxyl groups is 2. The van der Waals surface area contributed by atoms with Gasteiger partial charge in [0.1, 0.15) is 11.2 Å². The van der Waals surface area contributed by atoms with Crippen molar-refractivity contribution in [3.05, 3.63) is 64.9 Å². The van der Waals surface area contributed by atoms with Gasteiger partial charge < -0.3 is 39.0 Å². The van der Waals surface area contributed by atoms with Crippen LogP contribution in [0, 0.1) is 11.3 Å². The van der Waals surface area contributed by atoms with Crippen molar-refractivity contribution >= 4 is 47.1 Å². The van der Waals surface area contributed by atoms with Crippen molar-refractivity contribution in [3.8, 4) is 5.75 Å². The van der Waals surface area contributed by atoms with Gasteiger partial charge in [-0.25, -0.2) is 4.79 Å². The number of fused-ring (bicyclic) bond motifs is 6. The SMILES string of the molecule is CC[C@]1(O)C[C@H]2CN(CCc3c([nH]c4ccc(S)cc34)[C@@](C(=O)OC)(c3cc4c(cc3OC)N(C)C3[C@]45CCN4CC=C[C@@](CC)([C@@H](OC(C)=O)[C@]3(O)C(=O)OC)[C@H]45)C2)C1. The zero-order valence-electron chi connectivity index (χ0n) is 35.7. The molecule has 3 aromatic rings. The average molecular weight is 843 g/mol. The number of aromatic amines is 1. The van der Waals surface area contributed by atoms with E-state index in [1.165, 1.54) is 21.1 Å². The molecule has 1 aromatic heterocycles. The van der Waals surface area contributed by atoms with Crippen molar-refractivity contribution in [1.29, 1.82) is 0 Å². The molecule has 0 amide bonds. The maximum Gasteiger partial charge on any atom is 0.344 e. The molecule has 1 saturated carbocycles. The Kier molecular flexibility index (Phi) is 9.79. The highest BCUT2D eigenvalue weighted by Crippen LogP contribution is 2.68. The zero-order chi connectivity index (χ0) is 42.7. The first kappa shape index (κ1) is 41.3. The van der Waals surface area contributed by atoms with Gasteiger partial charge in [-0.2, -0.15) is 0 Å². The van der Waals surface area contributed by atoms with Crippen molar-refractivity contribution < 1.29 is 43.5 Å². The summed E-state index contributed by atoms with van der Waals surface area (Å²) in [5, 5.41) is 26.3. The summed E-state index contributed by atoms with van der Waals surface area (Å²) >= 11 is 4.74. The first-order valence-corrected chi connectivity index (χ1v) is 21.8. The number of anilines is 1. The summed E-state index contributed by atoms with van der Waals surface area (Å²) in [7, 11) is 6.13. The quantitative estimate of drug-likeness (QED) is 0.116. The van der Waals surface area contributed by atoms with Crippen LogP contribution < -0.4 is 9.64 Å². The molecule has 2 aromatic carbocycles. The fraction of sp³-hybridized carbons (Fsp3) is 0.587. The zero-order valence-corrected chi connectivity index (χ0v) is 36.6. The third-order valence-electron chi connectivity index (χ3n) is 15.7. The fourth-order valence-electron chi connectivity index (χ4n) is 13.5. The molecule has 13 nitrogen and oxygen atoms in total. The number of aromatic nitrogens is 1. The molecule has 6 aliphatic rings. The molecule has 3 fully saturated rings. The Balaban J connectivity index is 1.37. The third kappa shape index (κ3) is 5.36. The number of piperidine rings is 1. The number of carbonyl (C=O) groups excluding carboxylic acids is 3. The minimum atomic E-state index is -2.31. The lowest BCUT2D eigenvalue weighted by Crippen LogP contribution is -2.81. The fourth-order valence-corrected chi connectivity index (χ4v) is 13.7. The standard InChI is InChI=1S/C46H58N4O9S/c1-8-42(54)22-27-23-45(40(52)57-6,36-29(13-17-49(24-27)25-42)30-19-28(60)11-12-33(30)47-36)32-20-31-34(21-35(32)56-5)48(4)38-44(31)15-18-50-16-10-14-43(9-2,37(44)50)39(59-26(3)51)46(38,55)41(53)58-7/h10-12,14,19-21,27,37-39,47,54-55,60H,8-9,13,15-18,22-25H2,1-7H3/t27-,37+,38?,39-,42+,43-,44-,45+,46+/m1/s1. The predicted octanol–water partition coefficient (Wildman–Crippen LogP) is 4.28. The number of ether oxygens (including phenoxy) is 4. The Bertz CT molecular complexity index is 2320. The first-order valence-electron chi connectivity index (χ1n) is 21.3. The molecule has 60 heavy (non-hydrogen) atoms. The van der Waals surface area contributed by atoms with Crippen LogP contribution in [0.5, 0.6) is 5.75 Å². The highest BCUT2D eigenvalue weighted by molar-refractivity contribution is 7.80. The third-order valence-corrected chi connectivity index (χ3v) is 16.0. The lowest BCUT2D eigenvalue weighted by Gasteiger charge is -2.63. The van der Waals surface area contributed by atoms with E-state index < -0.39 is 57.5 Å². The van der Waals surface area contributed by atoms with Crippen molar-refractivity contribution in [2.75, 3.05) is 66.0 Å². The molecule has 1 aliphatic carbocycles. The van der Waals surface area contributed by atoms with E-state index in [0.717, 1.165) is 38.3 Å². The molecule has 2 unspecified atom stereocenters. The van der Waals surface area contributed by atoms with E-state index in [-0.39, 0.29) is 12.0 Å². The van der Waals surface area contributed by atoms with Crippen LogP contribution in [0.4, 0.5) is 5.69 Å². The van der Waals surface area contributed by atoms with Crippen LogP contribution in [-0.2, 0) is 45.8 Å². The smallest absolute Gasteiger partial charge is 0.344 e. The molecule has 2 bridgehead atoms. The Labute approximate surface area is 356 Å². The molecule has 10 atom stereocenters. The number of hydrogen-bond acceptors (Lipinski definition) is 13. The van der Waals surface area contributed by atoms with Gasteiger partial charge in [0.25, 0.3) is 0 Å². The molecule has 2 saturated heterocycles. The van der Waals surface area contributed by atoms with E-state index in [4.69, 9.17) is 31.6 Å². The van der Waals surface area contributed by atoms with Crippen molar-refractivity contribution in [1.82, 2.24) is 14.8 Å². The molecular weight excluding hydrogens is 785 g/mol. The first-order chi connectivity index (χ1) is 28.6. The van der Waals surface area contributed by atoms with Gasteiger partial charge in [0, 0.05) is 95.8 Å². The minimum Gasteiger partial charge on any atom is -0.496 e. The summed E-state index contributed by atoms with van der Waals surface area (Å²) in [5.41, 5.74) is -1.85. The second-order valence-electron chi connectivity index (χ2n) is 18.4. The number of likely N-dealkylation sites (N-methyl/N-ethyl adjacent to an activating group) is 1. The van der Waals surface area contributed by atoms with E-state index in [0.29, 0.717) is 82.6 Å². The topological polar surface area (TPSA) is 154 Å². The van der Waals surface area contributed by atoms with Gasteiger partial charge in [0.15, 0.2) is 6.10 Å². The minimum absolute atomic E-state index is 0.117. The number of benzene rings is 2. The lowest BCUT2D eigenvalue weighted by atomic mass is 9.47. The van der Waals surface area contributed by atoms with Gasteiger partial charge in [-0.3, -0.25) is 19.4 Å². The summed E-state index contributed by atoms with van der Waals surface area (Å²) in [6.07, 6.45) is 5.83. The monoisotopic (exact) mass is 842 g/mol. The van der Waals surface area contributed by atoms with Crippen LogP contribution in [0.2, 0.25) is 0 Å². The average Bonchev–Trinajstić information content (AvgIpc) is 3.89. The van der Waals surface area contributed by atoms with Crippen LogP contribution in [-0.4, -0.2) is 133 Å². The summed E-state index contributed by atoms with van der Waals surface area (Å²) in [6.45, 7) is 8.54. The number of H-pyrrole nitrogens is 1. The van der Waals surface area contributed by atoms with Gasteiger partial charge >= 0.3 is 17.9 Å². The molecule has 322 valence electrons. The van der Waals surface area contributed by atoms with Gasteiger partial charge in [0.2, 0.25) is 5.60 Å². The van der Waals surface area contributed by atoms with E-state index in [2.05, 4.69) is 26.9 Å². The number of esters is 3. The number of thiol groups is 1. The number of methoxy groups -OCH3 is 3. The van der Waals surface area contributed by atoms with Crippen LogP contribution in [0.15, 0.2) is 47.4 Å². The largest absolute Gasteiger partial charge is 0.496 e. The summed E-state index contributed by atoms with van der Waals surface area (Å²) < 4.78 is 24.0. The molecule has 0 radical (unpaired) electrons. The normalized spacial score (nSPS) is 36.6. The highest BCUT2D eigenvalue weighted by atomic mass is 32.1. The number of hydrogen-bond donors (Lipinski definition) is 4. The summed E-state index contributed by atoms with van der Waals surface area (Å²) in [4.78, 5) is 54.0. The van der Waals surface area contributed by atoms with Crippen LogP contribution in [0.3, 0.4) is 0 Å². The van der Waals surface area contributed by atoms with E-state index in [1.54, 1.807) is 7.11 Å². The van der Waals surface area contributed by atoms with Gasteiger partial charge in [-0.05, 0) is 86.4 Å². The summed E-state index contributed by atoms with van der Waals surface area (Å²) in [6, 6.07) is 8.75. The van der Waals surface area contributed by atoms with E-state index in [1.807, 2.05) is 56.1 Å². The number of rotatable bonds is 7. The molecule has 1 spiro atoms. The summed E-state index contributed by atoms with van der Waals surface area (Å²) in [5.74, 6) is -1.62. The molecule has 5 aliphatic heterocycles. The van der Waals surface area contributed by atoms with E-state index >= 15 is 4.79 Å². The highest BCUT2D eigenvalue weighted by Gasteiger charge is 2.80. The van der Waals surface area contributed by atoms with Crippen LogP contribution in [0.1, 0.15) is 75.3 Å². The molecule has 3 N–H and O–H groups in total. The second-order valence-corrected chi connectivity index (χ2v) is 18.9. The van der Waals surface area contributed by atoms with Crippen LogP contribution >= 0.6 is 12.6 Å². The predicted molar refractivity (Wildman–Crippen MR) is 228 cm³/mol. The van der Waals surface area contributed by atoms with Crippen molar-refractivity contribution in [3.63, 3.8) is 0 Å². The van der Waals surface area contributed by atoms with Gasteiger partial charge in [0.05, 0.1) is 33.0 Å². The van der Waals surface area contributed by atoms with Crippen molar-refractivity contribution in [2.45, 2.75) is 104 Å². The number of nitrogens with one attached hydrogen (secondary N) is 1. The maximum absolute atomic E-state index is 15.4. The second kappa shape index (κ2) is 14.2. The van der Waals surface area contributed by atoms with Crippen LogP contribution in [0.25, 0.3) is 10.9 Å². The molecule has 14 heteroatoms. The molecule has 9 rings (SSSR count). The Hall–Kier alpha value is -4.08. The van der Waals surface area contributed by atoms with Gasteiger partial charge in [-0.1, -0.05) is 26.0 Å². The Morgan fingerprint density at radius 1 is 0.967 bits per heavy atom. The maximum atomic E-state index is 15.4. The lowest BCUT2D eigenvalue weighted by molar-refractivity contribution is -0.228. The van der Waals surface area contributed by atoms with E-state index in [9.17, 15) is 19.8 Å². The molecule has 6 heterocycles. The molecular formula is C46H58N4O9S. The van der Waals surface area contributed by atoms with Crippen molar-refractivity contribution in [2.24, 2.45) is 11.3 Å². The Morgan fingerprint density at radius 2 is 1.73 bits per heavy atom. The van der Waals surface area contributed by atoms with Gasteiger partial charge in [-0.15, -0.1) is 12.6 Å². The number of nitrogens with zero attached hydrogens (tertiary/aromatic N) is 3.